The van der Waals surface area contributed by atoms with Crippen LogP contribution in [0.25, 0.3) is 0 Å². The first-order chi connectivity index (χ1) is 4.42. The second kappa shape index (κ2) is 3.49. The van der Waals surface area contributed by atoms with Gasteiger partial charge in [-0.1, -0.05) is 30.1 Å². The second-order valence-corrected chi connectivity index (χ2v) is 2.80. The monoisotopic (exact) mass is 190 g/mol. The Labute approximate surface area is 67.3 Å². The van der Waals surface area contributed by atoms with Gasteiger partial charge in [0.05, 0.1) is 0 Å². The second-order valence-electron chi connectivity index (χ2n) is 1.70. The summed E-state index contributed by atoms with van der Waals surface area (Å²) in [5, 5.41) is 0. The van der Waals surface area contributed by atoms with Gasteiger partial charge < -0.3 is 0 Å². The lowest BCUT2D eigenvalue weighted by atomic mass is 10.2. The van der Waals surface area contributed by atoms with E-state index in [1.54, 1.807) is 0 Å². The number of alkyl halides is 4. The Morgan fingerprint density at radius 2 is 2.00 bits per heavy atom. The molecule has 0 aliphatic carbocycles. The third kappa shape index (κ3) is 2.06. The maximum atomic E-state index is 12.3. The van der Waals surface area contributed by atoms with E-state index >= 15 is 0 Å². The van der Waals surface area contributed by atoms with E-state index in [4.69, 9.17) is 23.2 Å². The van der Waals surface area contributed by atoms with Crippen LogP contribution in [0.4, 0.5) is 8.78 Å². The van der Waals surface area contributed by atoms with Crippen molar-refractivity contribution in [2.75, 3.05) is 0 Å². The number of halogens is 4. The number of ketones is 1. The van der Waals surface area contributed by atoms with Gasteiger partial charge in [-0.25, -0.2) is 0 Å². The fourth-order valence-corrected chi connectivity index (χ4v) is 0.601. The normalized spacial score (nSPS) is 12.2. The van der Waals surface area contributed by atoms with Crippen molar-refractivity contribution in [3.05, 3.63) is 0 Å². The van der Waals surface area contributed by atoms with Gasteiger partial charge in [0.1, 0.15) is 0 Å². The van der Waals surface area contributed by atoms with Crippen LogP contribution in [0.15, 0.2) is 0 Å². The third-order valence-electron chi connectivity index (χ3n) is 0.967. The van der Waals surface area contributed by atoms with Gasteiger partial charge in [-0.15, -0.1) is 0 Å². The van der Waals surface area contributed by atoms with Crippen LogP contribution in [-0.2, 0) is 4.79 Å². The number of rotatable bonds is 3. The van der Waals surface area contributed by atoms with Crippen molar-refractivity contribution in [1.82, 2.24) is 0 Å². The van der Waals surface area contributed by atoms with Crippen molar-refractivity contribution in [3.63, 3.8) is 0 Å². The summed E-state index contributed by atoms with van der Waals surface area (Å²) in [6.07, 6.45) is -0.261. The van der Waals surface area contributed by atoms with Gasteiger partial charge in [0, 0.05) is 6.42 Å². The molecule has 0 aliphatic heterocycles. The number of hydrogen-bond acceptors (Lipinski definition) is 1. The molecule has 60 valence electrons. The maximum Gasteiger partial charge on any atom is 0.334 e. The number of Topliss-reactive ketones (excluding diaryl/α,β-unsaturated/α-hetero) is 1. The van der Waals surface area contributed by atoms with E-state index in [2.05, 4.69) is 0 Å². The van der Waals surface area contributed by atoms with E-state index in [1.165, 1.54) is 6.92 Å². The molecule has 0 radical (unpaired) electrons. The molecule has 0 saturated heterocycles. The summed E-state index contributed by atoms with van der Waals surface area (Å²) in [6.45, 7) is 1.33. The number of carbonyl (C=O) groups is 1. The van der Waals surface area contributed by atoms with E-state index in [-0.39, 0.29) is 6.42 Å². The lowest BCUT2D eigenvalue weighted by Crippen LogP contribution is -2.34. The summed E-state index contributed by atoms with van der Waals surface area (Å²) in [5.41, 5.74) is 0. The highest BCUT2D eigenvalue weighted by atomic mass is 35.5. The summed E-state index contributed by atoms with van der Waals surface area (Å²) >= 11 is 9.68. The average Bonchev–Trinajstić information content (AvgIpc) is 1.86. The van der Waals surface area contributed by atoms with Gasteiger partial charge in [-0.05, 0) is 0 Å². The van der Waals surface area contributed by atoms with Gasteiger partial charge >= 0.3 is 5.92 Å². The molecule has 0 bridgehead atoms. The van der Waals surface area contributed by atoms with Gasteiger partial charge in [-0.2, -0.15) is 8.78 Å². The molecule has 0 unspecified atom stereocenters. The largest absolute Gasteiger partial charge is 0.334 e. The molecule has 0 amide bonds. The van der Waals surface area contributed by atoms with E-state index in [0.29, 0.717) is 0 Å². The van der Waals surface area contributed by atoms with Crippen LogP contribution < -0.4 is 0 Å². The summed E-state index contributed by atoms with van der Waals surface area (Å²) < 4.78 is 24.7. The Kier molecular flexibility index (Phi) is 3.52. The molecule has 0 rings (SSSR count). The zero-order valence-corrected chi connectivity index (χ0v) is 6.72. The summed E-state index contributed by atoms with van der Waals surface area (Å²) in [6, 6.07) is 0. The Morgan fingerprint density at radius 3 is 2.10 bits per heavy atom. The predicted molar refractivity (Wildman–Crippen MR) is 35.7 cm³/mol. The molecule has 1 nitrogen and oxygen atoms in total. The summed E-state index contributed by atoms with van der Waals surface area (Å²) in [5.74, 6) is -4.83. The molecule has 0 saturated carbocycles. The molecule has 0 spiro atoms. The smallest absolute Gasteiger partial charge is 0.293 e. The predicted octanol–water partition coefficient (Wildman–Crippen LogP) is 2.40. The minimum Gasteiger partial charge on any atom is -0.293 e. The Morgan fingerprint density at radius 1 is 1.60 bits per heavy atom. The van der Waals surface area contributed by atoms with Gasteiger partial charge in [0.25, 0.3) is 0 Å². The number of hydrogen-bond donors (Lipinski definition) is 0. The van der Waals surface area contributed by atoms with Crippen molar-refractivity contribution >= 4 is 29.0 Å². The van der Waals surface area contributed by atoms with Gasteiger partial charge in [0.15, 0.2) is 4.84 Å². The zero-order valence-electron chi connectivity index (χ0n) is 5.20. The quantitative estimate of drug-likeness (QED) is 0.626. The molecule has 0 N–H and O–H groups in total. The highest BCUT2D eigenvalue weighted by Crippen LogP contribution is 2.28. The molecular formula is C5H6Cl2F2O. The molecule has 0 aromatic rings. The van der Waals surface area contributed by atoms with Crippen molar-refractivity contribution in [2.24, 2.45) is 0 Å². The lowest BCUT2D eigenvalue weighted by molar-refractivity contribution is -0.140. The maximum absolute atomic E-state index is 12.3. The molecular weight excluding hydrogens is 185 g/mol. The first-order valence-corrected chi connectivity index (χ1v) is 3.49. The van der Waals surface area contributed by atoms with Crippen molar-refractivity contribution in [1.29, 1.82) is 0 Å². The average molecular weight is 191 g/mol. The van der Waals surface area contributed by atoms with E-state index < -0.39 is 16.5 Å². The van der Waals surface area contributed by atoms with E-state index in [0.717, 1.165) is 0 Å². The van der Waals surface area contributed by atoms with Crippen molar-refractivity contribution in [3.8, 4) is 0 Å². The van der Waals surface area contributed by atoms with Crippen LogP contribution in [-0.4, -0.2) is 16.5 Å². The highest BCUT2D eigenvalue weighted by molar-refractivity contribution is 6.46. The topological polar surface area (TPSA) is 17.1 Å². The molecule has 0 aliphatic rings. The third-order valence-corrected chi connectivity index (χ3v) is 1.52. The highest BCUT2D eigenvalue weighted by Gasteiger charge is 2.43. The van der Waals surface area contributed by atoms with Crippen LogP contribution in [0.3, 0.4) is 0 Å². The molecule has 0 aromatic heterocycles. The van der Waals surface area contributed by atoms with Crippen molar-refractivity contribution in [2.45, 2.75) is 24.1 Å². The minimum atomic E-state index is -3.60. The van der Waals surface area contributed by atoms with E-state index in [1.807, 2.05) is 0 Å². The summed E-state index contributed by atoms with van der Waals surface area (Å²) in [4.78, 5) is 8.41. The Bertz CT molecular complexity index is 136. The van der Waals surface area contributed by atoms with Gasteiger partial charge in [0.2, 0.25) is 5.78 Å². The van der Waals surface area contributed by atoms with Crippen molar-refractivity contribution < 1.29 is 13.6 Å². The van der Waals surface area contributed by atoms with Crippen LogP contribution >= 0.6 is 23.2 Å². The Hall–Kier alpha value is 0.110. The Balaban J connectivity index is 4.24. The molecule has 10 heavy (non-hydrogen) atoms. The molecule has 0 aromatic carbocycles. The molecule has 0 fully saturated rings. The SMILES string of the molecule is CCC(=O)C(F)(F)C(Cl)Cl. The van der Waals surface area contributed by atoms with Crippen LogP contribution in [0.2, 0.25) is 0 Å². The first-order valence-electron chi connectivity index (χ1n) is 2.62. The molecule has 0 atom stereocenters. The molecule has 5 heteroatoms. The van der Waals surface area contributed by atoms with E-state index in [9.17, 15) is 13.6 Å². The standard InChI is InChI=1S/C5H6Cl2F2O/c1-2-3(10)5(8,9)4(6)7/h4H,2H2,1H3. The fourth-order valence-electron chi connectivity index (χ4n) is 0.357. The minimum absolute atomic E-state index is 0.261. The van der Waals surface area contributed by atoms with Crippen LogP contribution in [0.5, 0.6) is 0 Å². The summed E-state index contributed by atoms with van der Waals surface area (Å²) in [7, 11) is 0. The number of carbonyl (C=O) groups excluding carboxylic acids is 1. The first kappa shape index (κ1) is 10.1. The lowest BCUT2D eigenvalue weighted by Gasteiger charge is -2.13. The fraction of sp³-hybridized carbons (Fsp3) is 0.800. The zero-order chi connectivity index (χ0) is 8.36. The van der Waals surface area contributed by atoms with Crippen LogP contribution in [0, 0.1) is 0 Å². The molecule has 0 heterocycles. The van der Waals surface area contributed by atoms with Crippen LogP contribution in [0.1, 0.15) is 13.3 Å². The van der Waals surface area contributed by atoms with Gasteiger partial charge in [-0.3, -0.25) is 4.79 Å².